The van der Waals surface area contributed by atoms with Gasteiger partial charge in [-0.05, 0) is 41.2 Å². The minimum Gasteiger partial charge on any atom is -0.363 e. The summed E-state index contributed by atoms with van der Waals surface area (Å²) in [5, 5.41) is 1.25. The predicted molar refractivity (Wildman–Crippen MR) is 84.2 cm³/mol. The highest BCUT2D eigenvalue weighted by molar-refractivity contribution is 5.85. The number of nitrogens with zero attached hydrogens (tertiary/aromatic N) is 2. The summed E-state index contributed by atoms with van der Waals surface area (Å²) in [5.41, 5.74) is 3.89. The van der Waals surface area contributed by atoms with Crippen molar-refractivity contribution in [3.8, 4) is 0 Å². The minimum absolute atomic E-state index is 0.492. The summed E-state index contributed by atoms with van der Waals surface area (Å²) in [4.78, 5) is 6.88. The fraction of sp³-hybridized carbons (Fsp3) is 0.471. The fourth-order valence-electron chi connectivity index (χ4n) is 2.30. The van der Waals surface area contributed by atoms with E-state index in [-0.39, 0.29) is 0 Å². The zero-order chi connectivity index (χ0) is 14.2. The third-order valence-electron chi connectivity index (χ3n) is 3.58. The van der Waals surface area contributed by atoms with Gasteiger partial charge in [-0.25, -0.2) is 4.98 Å². The summed E-state index contributed by atoms with van der Waals surface area (Å²) in [6, 6.07) is 8.88. The van der Waals surface area contributed by atoms with Gasteiger partial charge in [0.15, 0.2) is 0 Å². The van der Waals surface area contributed by atoms with Crippen molar-refractivity contribution in [2.24, 2.45) is 0 Å². The van der Waals surface area contributed by atoms with Crippen LogP contribution in [0.2, 0.25) is 0 Å². The van der Waals surface area contributed by atoms with Crippen molar-refractivity contribution in [1.82, 2.24) is 4.98 Å². The molecule has 0 radical (unpaired) electrons. The second kappa shape index (κ2) is 5.20. The fourth-order valence-corrected chi connectivity index (χ4v) is 2.30. The Morgan fingerprint density at radius 1 is 0.947 bits per heavy atom. The first kappa shape index (κ1) is 13.9. The molecule has 0 spiro atoms. The van der Waals surface area contributed by atoms with E-state index in [2.05, 4.69) is 56.9 Å². The van der Waals surface area contributed by atoms with Gasteiger partial charge in [-0.2, -0.15) is 0 Å². The first-order valence-electron chi connectivity index (χ1n) is 7.02. The molecular weight excluding hydrogens is 232 g/mol. The molecule has 0 aliphatic heterocycles. The van der Waals surface area contributed by atoms with E-state index in [1.165, 1.54) is 16.5 Å². The van der Waals surface area contributed by atoms with Crippen LogP contribution in [0.15, 0.2) is 24.3 Å². The normalized spacial score (nSPS) is 11.6. The van der Waals surface area contributed by atoms with Crippen molar-refractivity contribution < 1.29 is 0 Å². The summed E-state index contributed by atoms with van der Waals surface area (Å²) < 4.78 is 0. The van der Waals surface area contributed by atoms with E-state index in [9.17, 15) is 0 Å². The molecule has 2 aromatic rings. The standard InChI is InChI=1S/C17H24N2/c1-11(2)14-9-13-7-8-16(19(5)6)18-17(13)15(10-14)12(3)4/h7-12H,1-6H3. The topological polar surface area (TPSA) is 16.1 Å². The quantitative estimate of drug-likeness (QED) is 0.801. The van der Waals surface area contributed by atoms with Crippen molar-refractivity contribution in [3.05, 3.63) is 35.4 Å². The minimum atomic E-state index is 0.492. The number of anilines is 1. The van der Waals surface area contributed by atoms with Crippen LogP contribution in [0.1, 0.15) is 50.7 Å². The van der Waals surface area contributed by atoms with Crippen LogP contribution in [0.5, 0.6) is 0 Å². The molecule has 102 valence electrons. The molecule has 0 unspecified atom stereocenters. The molecule has 2 heteroatoms. The zero-order valence-electron chi connectivity index (χ0n) is 12.9. The Morgan fingerprint density at radius 3 is 2.16 bits per heavy atom. The summed E-state index contributed by atoms with van der Waals surface area (Å²) in [6.07, 6.45) is 0. The van der Waals surface area contributed by atoms with Crippen LogP contribution >= 0.6 is 0 Å². The van der Waals surface area contributed by atoms with Crippen LogP contribution in [0.4, 0.5) is 5.82 Å². The number of aromatic nitrogens is 1. The van der Waals surface area contributed by atoms with Gasteiger partial charge in [-0.1, -0.05) is 33.8 Å². The molecule has 0 saturated carbocycles. The first-order valence-corrected chi connectivity index (χ1v) is 7.02. The number of fused-ring (bicyclic) bond motifs is 1. The average Bonchev–Trinajstić information content (AvgIpc) is 2.36. The van der Waals surface area contributed by atoms with Crippen LogP contribution in [0, 0.1) is 0 Å². The lowest BCUT2D eigenvalue weighted by molar-refractivity contribution is 0.839. The van der Waals surface area contributed by atoms with Crippen molar-refractivity contribution in [2.75, 3.05) is 19.0 Å². The van der Waals surface area contributed by atoms with Crippen LogP contribution in [-0.2, 0) is 0 Å². The molecule has 2 rings (SSSR count). The Morgan fingerprint density at radius 2 is 1.63 bits per heavy atom. The highest BCUT2D eigenvalue weighted by Crippen LogP contribution is 2.30. The van der Waals surface area contributed by atoms with Crippen molar-refractivity contribution in [3.63, 3.8) is 0 Å². The molecule has 0 fully saturated rings. The second-order valence-electron chi connectivity index (χ2n) is 6.06. The SMILES string of the molecule is CC(C)c1cc(C(C)C)c2nc(N(C)C)ccc2c1. The van der Waals surface area contributed by atoms with E-state index in [1.807, 2.05) is 14.1 Å². The lowest BCUT2D eigenvalue weighted by Gasteiger charge is -2.17. The first-order chi connectivity index (χ1) is 8.90. The van der Waals surface area contributed by atoms with E-state index in [4.69, 9.17) is 4.98 Å². The average molecular weight is 256 g/mol. The monoisotopic (exact) mass is 256 g/mol. The molecule has 19 heavy (non-hydrogen) atoms. The Balaban J connectivity index is 2.72. The largest absolute Gasteiger partial charge is 0.363 e. The van der Waals surface area contributed by atoms with Gasteiger partial charge in [0.25, 0.3) is 0 Å². The number of hydrogen-bond acceptors (Lipinski definition) is 2. The van der Waals surface area contributed by atoms with Crippen molar-refractivity contribution in [1.29, 1.82) is 0 Å². The van der Waals surface area contributed by atoms with Gasteiger partial charge in [-0.15, -0.1) is 0 Å². The molecule has 1 heterocycles. The van der Waals surface area contributed by atoms with Gasteiger partial charge in [0.2, 0.25) is 0 Å². The Kier molecular flexibility index (Phi) is 3.79. The van der Waals surface area contributed by atoms with Crippen LogP contribution in [0.3, 0.4) is 0 Å². The van der Waals surface area contributed by atoms with E-state index in [0.717, 1.165) is 11.3 Å². The molecule has 0 N–H and O–H groups in total. The third kappa shape index (κ3) is 2.73. The molecule has 0 aliphatic carbocycles. The maximum absolute atomic E-state index is 4.82. The summed E-state index contributed by atoms with van der Waals surface area (Å²) in [5.74, 6) is 2.06. The molecule has 0 amide bonds. The van der Waals surface area contributed by atoms with Crippen LogP contribution < -0.4 is 4.90 Å². The summed E-state index contributed by atoms with van der Waals surface area (Å²) >= 11 is 0. The Labute approximate surface area is 116 Å². The molecular formula is C17H24N2. The molecule has 0 aliphatic rings. The Bertz CT molecular complexity index is 583. The lowest BCUT2D eigenvalue weighted by atomic mass is 9.92. The summed E-state index contributed by atoms with van der Waals surface area (Å²) in [6.45, 7) is 8.96. The molecule has 1 aromatic heterocycles. The molecule has 0 bridgehead atoms. The predicted octanol–water partition coefficient (Wildman–Crippen LogP) is 4.55. The summed E-state index contributed by atoms with van der Waals surface area (Å²) in [7, 11) is 4.07. The number of pyridine rings is 1. The van der Waals surface area contributed by atoms with Gasteiger partial charge < -0.3 is 4.90 Å². The molecule has 0 saturated heterocycles. The van der Waals surface area contributed by atoms with Gasteiger partial charge in [-0.3, -0.25) is 0 Å². The maximum Gasteiger partial charge on any atom is 0.128 e. The van der Waals surface area contributed by atoms with Crippen LogP contribution in [-0.4, -0.2) is 19.1 Å². The van der Waals surface area contributed by atoms with Crippen molar-refractivity contribution >= 4 is 16.7 Å². The van der Waals surface area contributed by atoms with E-state index in [0.29, 0.717) is 11.8 Å². The molecule has 0 atom stereocenters. The zero-order valence-corrected chi connectivity index (χ0v) is 12.9. The molecule has 2 nitrogen and oxygen atoms in total. The number of benzene rings is 1. The van der Waals surface area contributed by atoms with Crippen molar-refractivity contribution in [2.45, 2.75) is 39.5 Å². The number of hydrogen-bond donors (Lipinski definition) is 0. The van der Waals surface area contributed by atoms with Gasteiger partial charge in [0, 0.05) is 19.5 Å². The second-order valence-corrected chi connectivity index (χ2v) is 6.06. The lowest BCUT2D eigenvalue weighted by Crippen LogP contribution is -2.10. The Hall–Kier alpha value is -1.57. The number of rotatable bonds is 3. The van der Waals surface area contributed by atoms with E-state index < -0.39 is 0 Å². The third-order valence-corrected chi connectivity index (χ3v) is 3.58. The van der Waals surface area contributed by atoms with E-state index in [1.54, 1.807) is 0 Å². The van der Waals surface area contributed by atoms with Gasteiger partial charge >= 0.3 is 0 Å². The maximum atomic E-state index is 4.82. The van der Waals surface area contributed by atoms with Gasteiger partial charge in [0.05, 0.1) is 5.52 Å². The smallest absolute Gasteiger partial charge is 0.128 e. The van der Waals surface area contributed by atoms with Crippen LogP contribution in [0.25, 0.3) is 10.9 Å². The van der Waals surface area contributed by atoms with Gasteiger partial charge in [0.1, 0.15) is 5.82 Å². The highest BCUT2D eigenvalue weighted by Gasteiger charge is 2.12. The highest BCUT2D eigenvalue weighted by atomic mass is 15.1. The van der Waals surface area contributed by atoms with E-state index >= 15 is 0 Å². The molecule has 1 aromatic carbocycles.